The van der Waals surface area contributed by atoms with E-state index in [1.807, 2.05) is 57.5 Å². The maximum absolute atomic E-state index is 13.1. The molecule has 124 heavy (non-hydrogen) atoms. The van der Waals surface area contributed by atoms with Gasteiger partial charge in [-0.3, -0.25) is 61.7 Å². The van der Waals surface area contributed by atoms with Crippen molar-refractivity contribution in [3.8, 4) is 12.1 Å². The molecule has 47 heteroatoms. The van der Waals surface area contributed by atoms with Gasteiger partial charge in [-0.1, -0.05) is 13.0 Å². The molecule has 3 aliphatic heterocycles. The predicted octanol–water partition coefficient (Wildman–Crippen LogP) is 12.4. The van der Waals surface area contributed by atoms with Crippen molar-refractivity contribution < 1.29 is 111 Å². The van der Waals surface area contributed by atoms with Crippen LogP contribution in [0.15, 0.2) is 132 Å². The molecule has 3 fully saturated rings. The normalized spacial score (nSPS) is 21.4. The smallest absolute Gasteiger partial charge is 0.475 e. The Hall–Kier alpha value is -6.56. The van der Waals surface area contributed by atoms with Crippen molar-refractivity contribution in [1.82, 2.24) is 47.6 Å². The Labute approximate surface area is 723 Å². The van der Waals surface area contributed by atoms with Gasteiger partial charge in [0, 0.05) is 130 Å². The Kier molecular flexibility index (Phi) is 52.5. The number of carboxylic acids is 1. The minimum absolute atomic E-state index is 0.0317. The lowest BCUT2D eigenvalue weighted by Crippen LogP contribution is -2.43. The van der Waals surface area contributed by atoms with Gasteiger partial charge in [-0.2, -0.15) is 23.7 Å². The number of H-pyrrole nitrogens is 3. The van der Waals surface area contributed by atoms with Crippen LogP contribution in [0.5, 0.6) is 0 Å². The van der Waals surface area contributed by atoms with Gasteiger partial charge in [-0.25, -0.2) is 33.2 Å². The summed E-state index contributed by atoms with van der Waals surface area (Å²) in [5.41, 5.74) is -3.57. The van der Waals surface area contributed by atoms with E-state index in [-0.39, 0.29) is 70.7 Å². The van der Waals surface area contributed by atoms with E-state index in [0.29, 0.717) is 37.2 Å². The molecule has 0 saturated carbocycles. The molecular formula is C77H126F3N12O27P5. The van der Waals surface area contributed by atoms with Crippen LogP contribution in [0.2, 0.25) is 0 Å². The summed E-state index contributed by atoms with van der Waals surface area (Å²) >= 11 is 0. The topological polar surface area (TPSA) is 482 Å². The number of hydrogen-bond donors (Lipinski definition) is 5. The van der Waals surface area contributed by atoms with E-state index in [4.69, 9.17) is 89.6 Å². The molecule has 7 heterocycles. The number of alkyl halides is 3. The van der Waals surface area contributed by atoms with E-state index >= 15 is 0 Å². The van der Waals surface area contributed by atoms with E-state index < -0.39 is 153 Å². The number of nitrogens with one attached hydrogen (secondary N) is 3. The number of carboxylic acid groups (broad SMARTS) is 1. The monoisotopic (exact) mass is 1860 g/mol. The molecule has 4 aromatic rings. The van der Waals surface area contributed by atoms with Crippen LogP contribution in [-0.2, 0) is 87.6 Å². The van der Waals surface area contributed by atoms with Crippen molar-refractivity contribution in [2.45, 2.75) is 254 Å². The largest absolute Gasteiger partial charge is 0.490 e. The maximum Gasteiger partial charge on any atom is 0.490 e. The van der Waals surface area contributed by atoms with Crippen molar-refractivity contribution in [2.24, 2.45) is 5.92 Å². The molecule has 4 aromatic heterocycles. The van der Waals surface area contributed by atoms with E-state index in [1.54, 1.807) is 60.0 Å². The molecule has 0 amide bonds. The number of halogens is 3. The first-order valence-electron chi connectivity index (χ1n) is 40.1. The molecule has 39 nitrogen and oxygen atoms in total. The molecule has 3 saturated heterocycles. The third kappa shape index (κ3) is 36.9. The van der Waals surface area contributed by atoms with Gasteiger partial charge in [-0.05, 0) is 155 Å². The zero-order valence-electron chi connectivity index (χ0n) is 74.3. The Morgan fingerprint density at radius 1 is 0.524 bits per heavy atom. The van der Waals surface area contributed by atoms with Crippen LogP contribution in [0.4, 0.5) is 13.2 Å². The first-order chi connectivity index (χ1) is 58.4. The molecule has 3 aliphatic rings. The average Bonchev–Trinajstić information content (AvgIpc) is 1.61. The molecule has 7 rings (SSSR count). The lowest BCUT2D eigenvalue weighted by Gasteiger charge is -2.45. The summed E-state index contributed by atoms with van der Waals surface area (Å²) in [4.78, 5) is 90.0. The molecule has 4 unspecified atom stereocenters. The standard InChI is InChI=1S/C24H40N4O9P2.C16H25N2O7P.C15H32N3OP.C15H23N2O8P.C5H5N.C2HF3O2/c1-8-34-39(31,35-9-2)16-12-19-21(37-38(33-15-10-13-25)28(17(3)4)18(5)6)22(32-7)23(36-19)27-14-11-20(29)26-24(27)30;1-5-23-26(21,24-6-2)10-8-12-11(3)14(22-4)15(25-12)18-9-7-13(19)17-16(18)20;1-12(2)17(13(3)4)20(19-11-9-10-16)18(14(5)6)15(7)8;1-4-23-26(21,24-5-2)9-7-10-12(19)13(22-3)14(25-10)17-8-6-11(18)16-15(17)20;1-2-4-6-5-3-1;3-2(4,5)1(6)7/h11-12,14,16-19,21-23H,8-10,15H2,1-7H3,(H,26,29,30);7-12,14-15H,5-6H2,1-4H3,(H,17,19,20);12-15H,9,11H2,1-8H3;6-10,12-14,19H,4-5H2,1-3H3,(H,16,18,20);1-5H;(H,6,7)/b16-12+;10-8+;;9-7+;;/t19-,21+,22?,23-,38?;11-,12+,14?,15+;;10-,12+,13?,14-;;/m10.1../s1. The minimum atomic E-state index is -5.08. The summed E-state index contributed by atoms with van der Waals surface area (Å²) < 4.78 is 165. The van der Waals surface area contributed by atoms with Gasteiger partial charge < -0.3 is 79.3 Å². The number of aromatic nitrogens is 7. The van der Waals surface area contributed by atoms with Gasteiger partial charge >= 0.3 is 52.0 Å². The van der Waals surface area contributed by atoms with Crippen molar-refractivity contribution in [2.75, 3.05) is 74.2 Å². The second-order valence-electron chi connectivity index (χ2n) is 28.2. The molecule has 0 aliphatic carbocycles. The Morgan fingerprint density at radius 3 is 1.14 bits per heavy atom. The summed E-state index contributed by atoms with van der Waals surface area (Å²) in [6, 6.07) is 15.3. The van der Waals surface area contributed by atoms with E-state index in [0.717, 1.165) is 10.6 Å². The van der Waals surface area contributed by atoms with Crippen LogP contribution in [0.1, 0.15) is 163 Å². The second-order valence-corrected chi connectivity index (χ2v) is 37.0. The highest BCUT2D eigenvalue weighted by molar-refractivity contribution is 7.57. The van der Waals surface area contributed by atoms with Crippen molar-refractivity contribution >= 4 is 45.7 Å². The summed E-state index contributed by atoms with van der Waals surface area (Å²) in [6.07, 6.45) is -1.68. The summed E-state index contributed by atoms with van der Waals surface area (Å²) in [5, 5.41) is 35.3. The molecular weight excluding hydrogens is 1740 g/mol. The number of nitrogens with zero attached hydrogens (tertiary/aromatic N) is 9. The van der Waals surface area contributed by atoms with Gasteiger partial charge in [0.1, 0.15) is 42.7 Å². The highest BCUT2D eigenvalue weighted by Gasteiger charge is 2.50. The molecule has 5 N–H and O–H groups in total. The van der Waals surface area contributed by atoms with E-state index in [1.165, 1.54) is 90.8 Å². The summed E-state index contributed by atoms with van der Waals surface area (Å²) in [6.45, 7) is 39.7. The number of methoxy groups -OCH3 is 3. The number of aliphatic hydroxyl groups excluding tert-OH is 1. The quantitative estimate of drug-likeness (QED) is 0.0203. The number of aliphatic hydroxyl groups is 1. The van der Waals surface area contributed by atoms with Crippen LogP contribution in [-0.4, -0.2) is 229 Å². The zero-order chi connectivity index (χ0) is 94.0. The lowest BCUT2D eigenvalue weighted by atomic mass is 10.0. The summed E-state index contributed by atoms with van der Waals surface area (Å²) in [5.74, 6) is 1.02. The van der Waals surface area contributed by atoms with Crippen LogP contribution >= 0.6 is 39.8 Å². The number of rotatable bonds is 41. The van der Waals surface area contributed by atoms with Crippen LogP contribution < -0.4 is 33.7 Å². The van der Waals surface area contributed by atoms with Gasteiger partial charge in [0.15, 0.2) is 27.1 Å². The van der Waals surface area contributed by atoms with E-state index in [9.17, 15) is 60.7 Å². The third-order valence-corrected chi connectivity index (χ3v) is 27.6. The summed E-state index contributed by atoms with van der Waals surface area (Å²) in [7, 11) is -8.64. The van der Waals surface area contributed by atoms with Crippen LogP contribution in [0.25, 0.3) is 0 Å². The molecule has 13 atom stereocenters. The molecule has 0 aromatic carbocycles. The second kappa shape index (κ2) is 57.4. The molecule has 702 valence electrons. The third-order valence-electron chi connectivity index (χ3n) is 17.1. The van der Waals surface area contributed by atoms with Gasteiger partial charge in [-0.15, -0.1) is 0 Å². The van der Waals surface area contributed by atoms with Gasteiger partial charge in [0.05, 0.1) is 83.9 Å². The van der Waals surface area contributed by atoms with Gasteiger partial charge in [0.25, 0.3) is 25.2 Å². The lowest BCUT2D eigenvalue weighted by molar-refractivity contribution is -0.192. The first-order valence-corrected chi connectivity index (χ1v) is 47.2. The van der Waals surface area contributed by atoms with Crippen molar-refractivity contribution in [3.63, 3.8) is 0 Å². The Morgan fingerprint density at radius 2 is 0.839 bits per heavy atom. The first kappa shape index (κ1) is 114. The fourth-order valence-electron chi connectivity index (χ4n) is 12.3. The Bertz CT molecular complexity index is 4250. The van der Waals surface area contributed by atoms with Crippen molar-refractivity contribution in [1.29, 1.82) is 10.5 Å². The van der Waals surface area contributed by atoms with E-state index in [2.05, 4.69) is 96.8 Å². The molecule has 0 radical (unpaired) electrons. The van der Waals surface area contributed by atoms with Crippen LogP contribution in [0, 0.1) is 28.6 Å². The Balaban J connectivity index is 0.000000544. The van der Waals surface area contributed by atoms with Crippen molar-refractivity contribution in [3.05, 3.63) is 166 Å². The fourth-order valence-corrected chi connectivity index (χ4v) is 20.5. The fraction of sp³-hybridized carbons (Fsp3) is 0.662. The highest BCUT2D eigenvalue weighted by Crippen LogP contribution is 2.55. The molecule has 0 bridgehead atoms. The average molecular weight is 1860 g/mol. The highest BCUT2D eigenvalue weighted by atomic mass is 31.2. The van der Waals surface area contributed by atoms with Gasteiger partial charge in [0.2, 0.25) is 0 Å². The predicted molar refractivity (Wildman–Crippen MR) is 459 cm³/mol. The number of hydrogen-bond acceptors (Lipinski definition) is 32. The molecule has 0 spiro atoms. The SMILES string of the molecule is CC(C)N(C(C)C)P(OCCC#N)N(C(C)C)C(C)C.CCOP(=O)(/C=C/[C@H]1O[C@@H](n2ccc(=O)[nH]c2=O)C(OC)[C@H]1C)OCC.CCOP(=O)(/C=C/[C@H]1O[C@@H](n2ccc(=O)[nH]c2=O)C(OC)[C@H]1O)OCC.CCOP(=O)(/C=C/[C@H]1O[C@@H](n2ccc(=O)[nH]c2=O)C(OC)[C@H]1OP(OCCC#N)N(C(C)C)C(C)C)OCC.O=C(O)C(F)(F)F.c1ccncc1. The number of carbonyl (C=O) groups is 1. The number of aliphatic carboxylic acids is 1. The number of pyridine rings is 1. The van der Waals surface area contributed by atoms with Crippen LogP contribution in [0.3, 0.4) is 0 Å². The number of ether oxygens (including phenoxy) is 6. The maximum atomic E-state index is 13.1. The zero-order valence-corrected chi connectivity index (χ0v) is 78.7. The number of aromatic amines is 3. The number of nitriles is 2. The minimum Gasteiger partial charge on any atom is -0.475 e.